The number of amides is 1. The Balaban J connectivity index is 1.22. The second-order valence-corrected chi connectivity index (χ2v) is 9.62. The number of aryl methyl sites for hydroxylation is 3. The Labute approximate surface area is 225 Å². The zero-order valence-corrected chi connectivity index (χ0v) is 21.9. The van der Waals surface area contributed by atoms with E-state index in [1.807, 2.05) is 87.6 Å². The van der Waals surface area contributed by atoms with E-state index in [0.29, 0.717) is 18.1 Å². The van der Waals surface area contributed by atoms with Crippen molar-refractivity contribution in [1.82, 2.24) is 30.3 Å². The molecule has 3 aromatic carbocycles. The van der Waals surface area contributed by atoms with Crippen LogP contribution in [0.4, 0.5) is 5.95 Å². The summed E-state index contributed by atoms with van der Waals surface area (Å²) < 4.78 is 1.65. The molecule has 4 N–H and O–H groups in total. The molecule has 1 amide bonds. The predicted octanol–water partition coefficient (Wildman–Crippen LogP) is 4.11. The van der Waals surface area contributed by atoms with Crippen LogP contribution < -0.4 is 10.6 Å². The monoisotopic (exact) mass is 523 g/mol. The summed E-state index contributed by atoms with van der Waals surface area (Å²) in [7, 11) is 0. The minimum atomic E-state index is -1.09. The van der Waals surface area contributed by atoms with Gasteiger partial charge in [0.15, 0.2) is 0 Å². The SMILES string of the molecule is Cc1cc(C)c(C(=O)NC(Cc2ccc(-n3cc(CNc4nc5ccccc5[nH]4)nn3)cc2)C(=O)O)c(C)c1. The number of carbonyl (C=O) groups is 2. The molecule has 5 rings (SSSR count). The number of imidazole rings is 1. The highest BCUT2D eigenvalue weighted by atomic mass is 16.4. The Kier molecular flexibility index (Phi) is 7.09. The van der Waals surface area contributed by atoms with Gasteiger partial charge < -0.3 is 20.7 Å². The fourth-order valence-corrected chi connectivity index (χ4v) is 4.71. The van der Waals surface area contributed by atoms with E-state index >= 15 is 0 Å². The zero-order valence-electron chi connectivity index (χ0n) is 21.9. The van der Waals surface area contributed by atoms with Gasteiger partial charge in [-0.05, 0) is 61.7 Å². The first-order valence-electron chi connectivity index (χ1n) is 12.6. The number of benzene rings is 3. The predicted molar refractivity (Wildman–Crippen MR) is 148 cm³/mol. The minimum Gasteiger partial charge on any atom is -0.480 e. The number of hydrogen-bond donors (Lipinski definition) is 4. The molecule has 5 aromatic rings. The van der Waals surface area contributed by atoms with Crippen molar-refractivity contribution in [3.05, 3.63) is 100 Å². The van der Waals surface area contributed by atoms with Crippen LogP contribution in [0, 0.1) is 20.8 Å². The summed E-state index contributed by atoms with van der Waals surface area (Å²) in [5, 5.41) is 24.1. The number of para-hydroxylation sites is 2. The molecule has 0 radical (unpaired) electrons. The Hall–Kier alpha value is -4.99. The lowest BCUT2D eigenvalue weighted by atomic mass is 9.98. The fraction of sp³-hybridized carbons (Fsp3) is 0.207. The molecular formula is C29H29N7O3. The number of carboxylic acid groups (broad SMARTS) is 1. The number of carboxylic acids is 1. The minimum absolute atomic E-state index is 0.148. The quantitative estimate of drug-likeness (QED) is 0.228. The number of aromatic amines is 1. The molecule has 2 heterocycles. The number of carbonyl (C=O) groups excluding carboxylic acids is 1. The van der Waals surface area contributed by atoms with Gasteiger partial charge in [0.1, 0.15) is 11.7 Å². The molecule has 1 atom stereocenters. The molecule has 0 spiro atoms. The normalized spacial score (nSPS) is 11.9. The average molecular weight is 524 g/mol. The molecule has 1 unspecified atom stereocenters. The second kappa shape index (κ2) is 10.8. The Bertz CT molecular complexity index is 1600. The zero-order chi connectivity index (χ0) is 27.5. The van der Waals surface area contributed by atoms with E-state index in [1.165, 1.54) is 0 Å². The Morgan fingerprint density at radius 3 is 2.44 bits per heavy atom. The third-order valence-corrected chi connectivity index (χ3v) is 6.52. The molecular weight excluding hydrogens is 494 g/mol. The van der Waals surface area contributed by atoms with E-state index in [0.717, 1.165) is 44.7 Å². The first kappa shape index (κ1) is 25.7. The smallest absolute Gasteiger partial charge is 0.326 e. The summed E-state index contributed by atoms with van der Waals surface area (Å²) in [6.45, 7) is 6.12. The summed E-state index contributed by atoms with van der Waals surface area (Å²) >= 11 is 0. The fourth-order valence-electron chi connectivity index (χ4n) is 4.71. The van der Waals surface area contributed by atoms with Gasteiger partial charge in [-0.1, -0.05) is 47.2 Å². The van der Waals surface area contributed by atoms with E-state index < -0.39 is 12.0 Å². The molecule has 0 fully saturated rings. The number of hydrogen-bond acceptors (Lipinski definition) is 6. The van der Waals surface area contributed by atoms with E-state index in [9.17, 15) is 14.7 Å². The molecule has 2 aromatic heterocycles. The van der Waals surface area contributed by atoms with Crippen LogP contribution in [0.5, 0.6) is 0 Å². The summed E-state index contributed by atoms with van der Waals surface area (Å²) in [5.41, 5.74) is 7.32. The summed E-state index contributed by atoms with van der Waals surface area (Å²) in [6, 6.07) is 17.9. The van der Waals surface area contributed by atoms with Crippen molar-refractivity contribution in [2.75, 3.05) is 5.32 Å². The number of nitrogens with one attached hydrogen (secondary N) is 3. The lowest BCUT2D eigenvalue weighted by Gasteiger charge is -2.17. The molecule has 0 aliphatic heterocycles. The number of aromatic nitrogens is 5. The van der Waals surface area contributed by atoms with Gasteiger partial charge in [-0.25, -0.2) is 14.5 Å². The summed E-state index contributed by atoms with van der Waals surface area (Å²) in [6.07, 6.45) is 1.96. The van der Waals surface area contributed by atoms with Crippen molar-refractivity contribution in [2.24, 2.45) is 0 Å². The highest BCUT2D eigenvalue weighted by Crippen LogP contribution is 2.18. The molecule has 0 aliphatic rings. The van der Waals surface area contributed by atoms with Crippen molar-refractivity contribution in [1.29, 1.82) is 0 Å². The Morgan fingerprint density at radius 1 is 1.03 bits per heavy atom. The van der Waals surface area contributed by atoms with Gasteiger partial charge in [0, 0.05) is 12.0 Å². The number of nitrogens with zero attached hydrogens (tertiary/aromatic N) is 4. The number of anilines is 1. The molecule has 0 saturated carbocycles. The number of rotatable bonds is 9. The molecule has 198 valence electrons. The first-order chi connectivity index (χ1) is 18.8. The van der Waals surface area contributed by atoms with Crippen LogP contribution in [0.25, 0.3) is 16.7 Å². The van der Waals surface area contributed by atoms with Crippen molar-refractivity contribution in [2.45, 2.75) is 39.8 Å². The van der Waals surface area contributed by atoms with Crippen LogP contribution in [-0.4, -0.2) is 48.0 Å². The van der Waals surface area contributed by atoms with Gasteiger partial charge in [0.25, 0.3) is 5.91 Å². The van der Waals surface area contributed by atoms with Crippen LogP contribution in [-0.2, 0) is 17.8 Å². The van der Waals surface area contributed by atoms with Crippen molar-refractivity contribution in [3.63, 3.8) is 0 Å². The molecule has 10 heteroatoms. The lowest BCUT2D eigenvalue weighted by molar-refractivity contribution is -0.139. The van der Waals surface area contributed by atoms with Crippen molar-refractivity contribution >= 4 is 28.9 Å². The van der Waals surface area contributed by atoms with Crippen LogP contribution in [0.2, 0.25) is 0 Å². The highest BCUT2D eigenvalue weighted by Gasteiger charge is 2.23. The van der Waals surface area contributed by atoms with Gasteiger partial charge in [-0.3, -0.25) is 4.79 Å². The van der Waals surface area contributed by atoms with E-state index in [-0.39, 0.29) is 12.3 Å². The van der Waals surface area contributed by atoms with Crippen LogP contribution in [0.1, 0.15) is 38.3 Å². The van der Waals surface area contributed by atoms with Crippen molar-refractivity contribution in [3.8, 4) is 5.69 Å². The summed E-state index contributed by atoms with van der Waals surface area (Å²) in [4.78, 5) is 32.6. The van der Waals surface area contributed by atoms with Crippen LogP contribution >= 0.6 is 0 Å². The molecule has 0 saturated heterocycles. The van der Waals surface area contributed by atoms with Crippen LogP contribution in [0.15, 0.2) is 66.9 Å². The number of aliphatic carboxylic acids is 1. The standard InChI is InChI=1S/C29H29N7O3/c1-17-12-18(2)26(19(3)13-17)27(37)31-25(28(38)39)14-20-8-10-22(11-9-20)36-16-21(34-35-36)15-30-29-32-23-6-4-5-7-24(23)33-29/h4-13,16,25H,14-15H2,1-3H3,(H,31,37)(H,38,39)(H2,30,32,33). The van der Waals surface area contributed by atoms with E-state index in [4.69, 9.17) is 0 Å². The van der Waals surface area contributed by atoms with E-state index in [2.05, 4.69) is 30.9 Å². The van der Waals surface area contributed by atoms with Gasteiger partial charge in [0.2, 0.25) is 5.95 Å². The third kappa shape index (κ3) is 5.80. The largest absolute Gasteiger partial charge is 0.480 e. The lowest BCUT2D eigenvalue weighted by Crippen LogP contribution is -2.42. The third-order valence-electron chi connectivity index (χ3n) is 6.52. The molecule has 0 aliphatic carbocycles. The van der Waals surface area contributed by atoms with Crippen molar-refractivity contribution < 1.29 is 14.7 Å². The van der Waals surface area contributed by atoms with E-state index in [1.54, 1.807) is 4.68 Å². The highest BCUT2D eigenvalue weighted by molar-refractivity contribution is 5.99. The van der Waals surface area contributed by atoms with Gasteiger partial charge in [0.05, 0.1) is 29.5 Å². The molecule has 10 nitrogen and oxygen atoms in total. The first-order valence-corrected chi connectivity index (χ1v) is 12.6. The van der Waals surface area contributed by atoms with Crippen LogP contribution in [0.3, 0.4) is 0 Å². The second-order valence-electron chi connectivity index (χ2n) is 9.62. The maximum atomic E-state index is 12.9. The maximum absolute atomic E-state index is 12.9. The van der Waals surface area contributed by atoms with Gasteiger partial charge >= 0.3 is 5.97 Å². The Morgan fingerprint density at radius 2 is 1.74 bits per heavy atom. The molecule has 39 heavy (non-hydrogen) atoms. The maximum Gasteiger partial charge on any atom is 0.326 e. The van der Waals surface area contributed by atoms with Gasteiger partial charge in [-0.2, -0.15) is 0 Å². The summed E-state index contributed by atoms with van der Waals surface area (Å²) in [5.74, 6) is -0.823. The number of fused-ring (bicyclic) bond motifs is 1. The number of H-pyrrole nitrogens is 1. The topological polar surface area (TPSA) is 138 Å². The van der Waals surface area contributed by atoms with Gasteiger partial charge in [-0.15, -0.1) is 5.10 Å². The molecule has 0 bridgehead atoms. The average Bonchev–Trinajstić information content (AvgIpc) is 3.54.